The van der Waals surface area contributed by atoms with Crippen LogP contribution in [0, 0.1) is 46.3 Å². The average molecular weight is 447 g/mol. The van der Waals surface area contributed by atoms with Crippen LogP contribution in [-0.4, -0.2) is 22.8 Å². The molecule has 32 heavy (non-hydrogen) atoms. The second kappa shape index (κ2) is 8.90. The lowest BCUT2D eigenvalue weighted by atomic mass is 9.43. The molecule has 3 heteroatoms. The molecule has 4 aliphatic carbocycles. The first-order chi connectivity index (χ1) is 15.0. The van der Waals surface area contributed by atoms with Gasteiger partial charge in [0.2, 0.25) is 0 Å². The van der Waals surface area contributed by atoms with Gasteiger partial charge in [-0.25, -0.2) is 0 Å². The standard InChI is InChI=1S/C29H50O3/c1-19(2)8-7-9-20(3)24-10-11-25-23-13-17-29(31)18-22(32-21(4)30)12-16-28(29,6)26(23)14-15-27(24,25)5/h19-20,22-26,31H,7-18H2,1-6H3/t20-,22-,23-,24-,25-,26-,27+,28-,29-/m1/s1. The van der Waals surface area contributed by atoms with E-state index in [1.54, 1.807) is 0 Å². The van der Waals surface area contributed by atoms with Gasteiger partial charge in [0, 0.05) is 13.3 Å². The third-order valence-corrected chi connectivity index (χ3v) is 11.3. The molecule has 4 rings (SSSR count). The summed E-state index contributed by atoms with van der Waals surface area (Å²) in [6.45, 7) is 13.8. The Balaban J connectivity index is 1.47. The van der Waals surface area contributed by atoms with Crippen LogP contribution in [0.1, 0.15) is 119 Å². The maximum atomic E-state index is 11.9. The predicted octanol–water partition coefficient (Wildman–Crippen LogP) is 7.15. The fourth-order valence-electron chi connectivity index (χ4n) is 9.57. The third kappa shape index (κ3) is 4.07. The van der Waals surface area contributed by atoms with E-state index >= 15 is 0 Å². The van der Waals surface area contributed by atoms with Crippen molar-refractivity contribution in [2.24, 2.45) is 46.3 Å². The number of ether oxygens (including phenoxy) is 1. The van der Waals surface area contributed by atoms with E-state index in [2.05, 4.69) is 34.6 Å². The highest BCUT2D eigenvalue weighted by Gasteiger charge is 2.64. The van der Waals surface area contributed by atoms with E-state index < -0.39 is 5.60 Å². The molecule has 0 amide bonds. The van der Waals surface area contributed by atoms with Crippen LogP contribution in [0.3, 0.4) is 0 Å². The van der Waals surface area contributed by atoms with Crippen molar-refractivity contribution in [3.05, 3.63) is 0 Å². The molecule has 0 aromatic rings. The molecule has 3 nitrogen and oxygen atoms in total. The first-order valence-electron chi connectivity index (χ1n) is 13.9. The Morgan fingerprint density at radius 1 is 0.969 bits per heavy atom. The Hall–Kier alpha value is -0.570. The Morgan fingerprint density at radius 3 is 2.41 bits per heavy atom. The summed E-state index contributed by atoms with van der Waals surface area (Å²) in [6.07, 6.45) is 14.1. The molecule has 0 spiro atoms. The highest BCUT2D eigenvalue weighted by atomic mass is 16.5. The summed E-state index contributed by atoms with van der Waals surface area (Å²) in [5.41, 5.74) is -0.184. The summed E-state index contributed by atoms with van der Waals surface area (Å²) in [6, 6.07) is 0. The SMILES string of the molecule is CC(=O)O[C@@H]1CC[C@]2(C)[C@@H]3CC[C@]4(C)[C@H](CC[C@@H]4[C@H](C)CCCC(C)C)[C@H]3CC[C@@]2(O)C1. The zero-order valence-corrected chi connectivity index (χ0v) is 21.8. The molecule has 0 bridgehead atoms. The van der Waals surface area contributed by atoms with Crippen LogP contribution in [0.5, 0.6) is 0 Å². The highest BCUT2D eigenvalue weighted by Crippen LogP contribution is 2.69. The van der Waals surface area contributed by atoms with E-state index in [1.165, 1.54) is 51.9 Å². The molecule has 0 aromatic carbocycles. The van der Waals surface area contributed by atoms with Crippen LogP contribution in [0.25, 0.3) is 0 Å². The van der Waals surface area contributed by atoms with Crippen LogP contribution >= 0.6 is 0 Å². The van der Waals surface area contributed by atoms with Gasteiger partial charge in [-0.2, -0.15) is 0 Å². The third-order valence-electron chi connectivity index (χ3n) is 11.3. The molecule has 4 saturated carbocycles. The van der Waals surface area contributed by atoms with Gasteiger partial charge in [-0.3, -0.25) is 4.79 Å². The number of hydrogen-bond acceptors (Lipinski definition) is 3. The molecule has 0 aliphatic heterocycles. The fourth-order valence-corrected chi connectivity index (χ4v) is 9.57. The van der Waals surface area contributed by atoms with Crippen LogP contribution in [0.15, 0.2) is 0 Å². The number of esters is 1. The molecule has 0 aromatic heterocycles. The summed E-state index contributed by atoms with van der Waals surface area (Å²) in [7, 11) is 0. The predicted molar refractivity (Wildman–Crippen MR) is 130 cm³/mol. The molecule has 4 aliphatic rings. The van der Waals surface area contributed by atoms with Gasteiger partial charge in [0.15, 0.2) is 0 Å². The van der Waals surface area contributed by atoms with Crippen molar-refractivity contribution in [1.82, 2.24) is 0 Å². The van der Waals surface area contributed by atoms with Gasteiger partial charge >= 0.3 is 5.97 Å². The Labute approximate surface area is 197 Å². The Bertz CT molecular complexity index is 688. The molecular weight excluding hydrogens is 396 g/mol. The van der Waals surface area contributed by atoms with Gasteiger partial charge in [-0.1, -0.05) is 53.9 Å². The average Bonchev–Trinajstić information content (AvgIpc) is 3.05. The van der Waals surface area contributed by atoms with Gasteiger partial charge in [-0.05, 0) is 97.7 Å². The molecule has 4 fully saturated rings. The molecule has 0 saturated heterocycles. The summed E-state index contributed by atoms with van der Waals surface area (Å²) in [5, 5.41) is 11.9. The largest absolute Gasteiger partial charge is 0.462 e. The maximum absolute atomic E-state index is 11.9. The maximum Gasteiger partial charge on any atom is 0.302 e. The molecule has 0 radical (unpaired) electrons. The van der Waals surface area contributed by atoms with Gasteiger partial charge in [0.25, 0.3) is 0 Å². The van der Waals surface area contributed by atoms with E-state index in [-0.39, 0.29) is 17.5 Å². The quantitative estimate of drug-likeness (QED) is 0.440. The Morgan fingerprint density at radius 2 is 1.72 bits per heavy atom. The van der Waals surface area contributed by atoms with Gasteiger partial charge in [0.1, 0.15) is 6.10 Å². The minimum atomic E-state index is -0.664. The van der Waals surface area contributed by atoms with Gasteiger partial charge < -0.3 is 9.84 Å². The van der Waals surface area contributed by atoms with Crippen molar-refractivity contribution in [3.63, 3.8) is 0 Å². The van der Waals surface area contributed by atoms with E-state index in [1.807, 2.05) is 0 Å². The van der Waals surface area contributed by atoms with Crippen LogP contribution in [0.4, 0.5) is 0 Å². The monoisotopic (exact) mass is 446 g/mol. The number of carbonyl (C=O) groups excluding carboxylic acids is 1. The van der Waals surface area contributed by atoms with Crippen molar-refractivity contribution in [3.8, 4) is 0 Å². The minimum Gasteiger partial charge on any atom is -0.462 e. The number of carbonyl (C=O) groups is 1. The summed E-state index contributed by atoms with van der Waals surface area (Å²) >= 11 is 0. The second-order valence-corrected chi connectivity index (χ2v) is 13.4. The van der Waals surface area contributed by atoms with Gasteiger partial charge in [0.05, 0.1) is 5.60 Å². The minimum absolute atomic E-state index is 0.0190. The zero-order valence-electron chi connectivity index (χ0n) is 21.8. The van der Waals surface area contributed by atoms with E-state index in [0.717, 1.165) is 55.3 Å². The summed E-state index contributed by atoms with van der Waals surface area (Å²) < 4.78 is 5.56. The lowest BCUT2D eigenvalue weighted by Crippen LogP contribution is -2.63. The van der Waals surface area contributed by atoms with Crippen LogP contribution in [-0.2, 0) is 9.53 Å². The summed E-state index contributed by atoms with van der Waals surface area (Å²) in [5.74, 6) is 4.59. The molecule has 184 valence electrons. The van der Waals surface area contributed by atoms with Crippen LogP contribution in [0.2, 0.25) is 0 Å². The number of fused-ring (bicyclic) bond motifs is 5. The van der Waals surface area contributed by atoms with Crippen LogP contribution < -0.4 is 0 Å². The first kappa shape index (κ1) is 24.6. The second-order valence-electron chi connectivity index (χ2n) is 13.4. The first-order valence-corrected chi connectivity index (χ1v) is 13.9. The van der Waals surface area contributed by atoms with E-state index in [9.17, 15) is 9.90 Å². The van der Waals surface area contributed by atoms with E-state index in [4.69, 9.17) is 4.74 Å². The molecule has 0 heterocycles. The van der Waals surface area contributed by atoms with Crippen molar-refractivity contribution < 1.29 is 14.6 Å². The van der Waals surface area contributed by atoms with Crippen molar-refractivity contribution >= 4 is 5.97 Å². The number of hydrogen-bond donors (Lipinski definition) is 1. The lowest BCUT2D eigenvalue weighted by Gasteiger charge is -2.64. The molecular formula is C29H50O3. The summed E-state index contributed by atoms with van der Waals surface area (Å²) in [4.78, 5) is 11.5. The molecule has 1 N–H and O–H groups in total. The smallest absolute Gasteiger partial charge is 0.302 e. The lowest BCUT2D eigenvalue weighted by molar-refractivity contribution is -0.224. The number of aliphatic hydroxyl groups is 1. The number of rotatable bonds is 6. The topological polar surface area (TPSA) is 46.5 Å². The Kier molecular flexibility index (Phi) is 6.83. The van der Waals surface area contributed by atoms with Crippen molar-refractivity contribution in [2.45, 2.75) is 130 Å². The molecule has 9 atom stereocenters. The van der Waals surface area contributed by atoms with Crippen molar-refractivity contribution in [1.29, 1.82) is 0 Å². The van der Waals surface area contributed by atoms with Crippen molar-refractivity contribution in [2.75, 3.05) is 0 Å². The highest BCUT2D eigenvalue weighted by molar-refractivity contribution is 5.66. The fraction of sp³-hybridized carbons (Fsp3) is 0.966. The van der Waals surface area contributed by atoms with Gasteiger partial charge in [-0.15, -0.1) is 0 Å². The normalized spacial score (nSPS) is 46.8. The molecule has 0 unspecified atom stereocenters. The van der Waals surface area contributed by atoms with E-state index in [0.29, 0.717) is 17.8 Å². The zero-order chi connectivity index (χ0) is 23.3.